The van der Waals surface area contributed by atoms with Gasteiger partial charge in [-0.2, -0.15) is 0 Å². The Kier molecular flexibility index (Phi) is 3.98. The quantitative estimate of drug-likeness (QED) is 0.655. The molecule has 5 nitrogen and oxygen atoms in total. The van der Waals surface area contributed by atoms with Gasteiger partial charge in [0.15, 0.2) is 0 Å². The molecule has 0 aromatic carbocycles. The van der Waals surface area contributed by atoms with Crippen LogP contribution in [0.3, 0.4) is 0 Å². The molecule has 1 aliphatic heterocycles. The maximum Gasteiger partial charge on any atom is 0.409 e. The third-order valence-corrected chi connectivity index (χ3v) is 2.08. The van der Waals surface area contributed by atoms with Gasteiger partial charge in [-0.1, -0.05) is 0 Å². The van der Waals surface area contributed by atoms with Gasteiger partial charge in [-0.3, -0.25) is 0 Å². The summed E-state index contributed by atoms with van der Waals surface area (Å²) in [7, 11) is 1.61. The number of carbonyl (C=O) groups excluding carboxylic acids is 1. The van der Waals surface area contributed by atoms with Gasteiger partial charge < -0.3 is 20.1 Å². The SMILES string of the molecule is COCCN1CC(CN)COC1=O. The maximum atomic E-state index is 11.2. The molecule has 1 aliphatic rings. The lowest BCUT2D eigenvalue weighted by molar-refractivity contribution is 0.0354. The van der Waals surface area contributed by atoms with Gasteiger partial charge >= 0.3 is 6.09 Å². The number of nitrogens with two attached hydrogens (primary N) is 1. The molecule has 0 radical (unpaired) electrons. The second-order valence-corrected chi connectivity index (χ2v) is 3.12. The largest absolute Gasteiger partial charge is 0.449 e. The van der Waals surface area contributed by atoms with Crippen LogP contribution in [0.5, 0.6) is 0 Å². The van der Waals surface area contributed by atoms with Crippen molar-refractivity contribution in [1.82, 2.24) is 4.90 Å². The van der Waals surface area contributed by atoms with E-state index in [9.17, 15) is 4.79 Å². The topological polar surface area (TPSA) is 64.8 Å². The summed E-state index contributed by atoms with van der Waals surface area (Å²) in [5.74, 6) is 0.259. The Balaban J connectivity index is 2.36. The third-order valence-electron chi connectivity index (χ3n) is 2.08. The Morgan fingerprint density at radius 3 is 3.15 bits per heavy atom. The van der Waals surface area contributed by atoms with Crippen LogP contribution in [-0.4, -0.2) is 51.0 Å². The van der Waals surface area contributed by atoms with Crippen molar-refractivity contribution in [3.8, 4) is 0 Å². The van der Waals surface area contributed by atoms with Gasteiger partial charge in [-0.15, -0.1) is 0 Å². The first-order chi connectivity index (χ1) is 6.27. The molecule has 1 fully saturated rings. The molecule has 2 N–H and O–H groups in total. The molecule has 0 aliphatic carbocycles. The number of cyclic esters (lactones) is 1. The Hall–Kier alpha value is -0.810. The van der Waals surface area contributed by atoms with Crippen LogP contribution < -0.4 is 5.73 Å². The first-order valence-electron chi connectivity index (χ1n) is 4.38. The van der Waals surface area contributed by atoms with Crippen LogP contribution in [-0.2, 0) is 9.47 Å². The van der Waals surface area contributed by atoms with Crippen LogP contribution >= 0.6 is 0 Å². The van der Waals surface area contributed by atoms with Crippen LogP contribution in [0.25, 0.3) is 0 Å². The third kappa shape index (κ3) is 2.86. The second kappa shape index (κ2) is 5.04. The minimum absolute atomic E-state index is 0.259. The Morgan fingerprint density at radius 2 is 2.54 bits per heavy atom. The van der Waals surface area contributed by atoms with E-state index in [1.807, 2.05) is 0 Å². The second-order valence-electron chi connectivity index (χ2n) is 3.12. The number of methoxy groups -OCH3 is 1. The van der Waals surface area contributed by atoms with E-state index < -0.39 is 0 Å². The van der Waals surface area contributed by atoms with Crippen molar-refractivity contribution in [1.29, 1.82) is 0 Å². The van der Waals surface area contributed by atoms with E-state index in [-0.39, 0.29) is 12.0 Å². The average Bonchev–Trinajstić information content (AvgIpc) is 2.17. The monoisotopic (exact) mass is 188 g/mol. The van der Waals surface area contributed by atoms with Crippen LogP contribution in [0.15, 0.2) is 0 Å². The summed E-state index contributed by atoms with van der Waals surface area (Å²) in [6, 6.07) is 0. The first-order valence-corrected chi connectivity index (χ1v) is 4.38. The maximum absolute atomic E-state index is 11.2. The molecule has 1 heterocycles. The molecule has 1 rings (SSSR count). The molecule has 0 aromatic rings. The molecule has 76 valence electrons. The predicted molar refractivity (Wildman–Crippen MR) is 47.3 cm³/mol. The number of hydrogen-bond acceptors (Lipinski definition) is 4. The Bertz CT molecular complexity index is 175. The summed E-state index contributed by atoms with van der Waals surface area (Å²) in [5.41, 5.74) is 5.49. The van der Waals surface area contributed by atoms with Crippen LogP contribution in [0.2, 0.25) is 0 Å². The van der Waals surface area contributed by atoms with Gasteiger partial charge in [0.1, 0.15) is 0 Å². The molecular formula is C8H16N2O3. The van der Waals surface area contributed by atoms with Gasteiger partial charge in [-0.25, -0.2) is 4.79 Å². The van der Waals surface area contributed by atoms with Gasteiger partial charge in [0, 0.05) is 32.7 Å². The highest BCUT2D eigenvalue weighted by atomic mass is 16.6. The van der Waals surface area contributed by atoms with Crippen molar-refractivity contribution in [2.75, 3.05) is 40.0 Å². The number of nitrogens with zero attached hydrogens (tertiary/aromatic N) is 1. The normalized spacial score (nSPS) is 23.1. The standard InChI is InChI=1S/C8H16N2O3/c1-12-3-2-10-5-7(4-9)6-13-8(10)11/h7H,2-6,9H2,1H3. The van der Waals surface area contributed by atoms with Gasteiger partial charge in [0.25, 0.3) is 0 Å². The smallest absolute Gasteiger partial charge is 0.409 e. The number of hydrogen-bond donors (Lipinski definition) is 1. The van der Waals surface area contributed by atoms with Crippen LogP contribution in [0.4, 0.5) is 4.79 Å². The van der Waals surface area contributed by atoms with Gasteiger partial charge in [0.05, 0.1) is 13.2 Å². The summed E-state index contributed by atoms with van der Waals surface area (Å²) >= 11 is 0. The van der Waals surface area contributed by atoms with E-state index in [2.05, 4.69) is 0 Å². The van der Waals surface area contributed by atoms with Crippen molar-refractivity contribution in [3.63, 3.8) is 0 Å². The fourth-order valence-electron chi connectivity index (χ4n) is 1.25. The van der Waals surface area contributed by atoms with Gasteiger partial charge in [0.2, 0.25) is 0 Å². The minimum Gasteiger partial charge on any atom is -0.449 e. The molecule has 0 bridgehead atoms. The zero-order chi connectivity index (χ0) is 9.68. The van der Waals surface area contributed by atoms with E-state index in [0.29, 0.717) is 32.8 Å². The van der Waals surface area contributed by atoms with E-state index >= 15 is 0 Å². The number of rotatable bonds is 4. The molecule has 0 aromatic heterocycles. The van der Waals surface area contributed by atoms with Crippen molar-refractivity contribution in [2.24, 2.45) is 11.7 Å². The molecule has 0 spiro atoms. The first kappa shape index (κ1) is 10.3. The molecule has 5 heteroatoms. The lowest BCUT2D eigenvalue weighted by Gasteiger charge is -2.31. The average molecular weight is 188 g/mol. The van der Waals surface area contributed by atoms with Crippen molar-refractivity contribution >= 4 is 6.09 Å². The summed E-state index contributed by atoms with van der Waals surface area (Å²) < 4.78 is 9.82. The van der Waals surface area contributed by atoms with Crippen molar-refractivity contribution in [2.45, 2.75) is 0 Å². The number of carbonyl (C=O) groups is 1. The Morgan fingerprint density at radius 1 is 1.77 bits per heavy atom. The molecule has 1 atom stereocenters. The zero-order valence-corrected chi connectivity index (χ0v) is 7.86. The molecule has 13 heavy (non-hydrogen) atoms. The molecule has 0 saturated carbocycles. The lowest BCUT2D eigenvalue weighted by Crippen LogP contribution is -2.46. The van der Waals surface area contributed by atoms with Crippen LogP contribution in [0.1, 0.15) is 0 Å². The fraction of sp³-hybridized carbons (Fsp3) is 0.875. The van der Waals surface area contributed by atoms with Crippen LogP contribution in [0, 0.1) is 5.92 Å². The molecule has 1 amide bonds. The summed E-state index contributed by atoms with van der Waals surface area (Å²) in [5, 5.41) is 0. The van der Waals surface area contributed by atoms with Gasteiger partial charge in [-0.05, 0) is 0 Å². The molecule has 1 saturated heterocycles. The molecule has 1 unspecified atom stereocenters. The van der Waals surface area contributed by atoms with E-state index in [4.69, 9.17) is 15.2 Å². The van der Waals surface area contributed by atoms with Crippen molar-refractivity contribution in [3.05, 3.63) is 0 Å². The summed E-state index contributed by atoms with van der Waals surface area (Å²) in [6.45, 7) is 2.78. The van der Waals surface area contributed by atoms with E-state index in [1.165, 1.54) is 0 Å². The number of ether oxygens (including phenoxy) is 2. The molecular weight excluding hydrogens is 172 g/mol. The number of amides is 1. The highest BCUT2D eigenvalue weighted by molar-refractivity contribution is 5.68. The highest BCUT2D eigenvalue weighted by Gasteiger charge is 2.25. The van der Waals surface area contributed by atoms with Crippen molar-refractivity contribution < 1.29 is 14.3 Å². The van der Waals surface area contributed by atoms with E-state index in [0.717, 1.165) is 0 Å². The fourth-order valence-corrected chi connectivity index (χ4v) is 1.25. The zero-order valence-electron chi connectivity index (χ0n) is 7.86. The summed E-state index contributed by atoms with van der Waals surface area (Å²) in [6.07, 6.45) is -0.262. The van der Waals surface area contributed by atoms with E-state index in [1.54, 1.807) is 12.0 Å². The lowest BCUT2D eigenvalue weighted by atomic mass is 10.1. The Labute approximate surface area is 77.8 Å². The predicted octanol–water partition coefficient (Wildman–Crippen LogP) is -0.340. The highest BCUT2D eigenvalue weighted by Crippen LogP contribution is 2.09. The summed E-state index contributed by atoms with van der Waals surface area (Å²) in [4.78, 5) is 12.8. The minimum atomic E-state index is -0.262.